The molecule has 0 spiro atoms. The molecule has 1 aliphatic heterocycles. The second-order valence-corrected chi connectivity index (χ2v) is 5.46. The van der Waals surface area contributed by atoms with Crippen LogP contribution in [0.15, 0.2) is 42.7 Å². The first-order valence-electron chi connectivity index (χ1n) is 7.32. The molecule has 3 heterocycles. The molecule has 2 aromatic heterocycles. The van der Waals surface area contributed by atoms with Gasteiger partial charge in [0.25, 0.3) is 0 Å². The van der Waals surface area contributed by atoms with Gasteiger partial charge in [-0.3, -0.25) is 14.6 Å². The molecule has 3 N–H and O–H groups in total. The van der Waals surface area contributed by atoms with E-state index in [9.17, 15) is 9.59 Å². The molecule has 2 amide bonds. The van der Waals surface area contributed by atoms with Gasteiger partial charge in [-0.1, -0.05) is 6.07 Å². The van der Waals surface area contributed by atoms with E-state index in [1.165, 1.54) is 6.20 Å². The Morgan fingerprint density at radius 3 is 2.87 bits per heavy atom. The molecular weight excluding hydrogens is 294 g/mol. The Kier molecular flexibility index (Phi) is 4.18. The second-order valence-electron chi connectivity index (χ2n) is 5.46. The summed E-state index contributed by atoms with van der Waals surface area (Å²) in [6, 6.07) is 8.86. The standard InChI is InChI=1S/C16H17N5O2/c17-14-5-4-12(8-19-14)20-16(23)11-7-15(22)21(9-11)10-13-3-1-2-6-18-13/h1-6,8,11H,7,9-10H2,(H2,17,19)(H,20,23)/t11-/m1/s1. The number of amides is 2. The number of nitrogen functional groups attached to an aromatic ring is 1. The van der Waals surface area contributed by atoms with Gasteiger partial charge in [-0.05, 0) is 24.3 Å². The molecule has 2 aromatic rings. The molecule has 1 fully saturated rings. The van der Waals surface area contributed by atoms with E-state index in [0.29, 0.717) is 24.6 Å². The molecule has 0 bridgehead atoms. The maximum atomic E-state index is 12.3. The molecule has 1 atom stereocenters. The third-order valence-electron chi connectivity index (χ3n) is 3.72. The smallest absolute Gasteiger partial charge is 0.229 e. The maximum absolute atomic E-state index is 12.3. The molecule has 1 aliphatic rings. The number of nitrogens with one attached hydrogen (secondary N) is 1. The highest BCUT2D eigenvalue weighted by Gasteiger charge is 2.34. The van der Waals surface area contributed by atoms with Crippen molar-refractivity contribution < 1.29 is 9.59 Å². The number of aromatic nitrogens is 2. The highest BCUT2D eigenvalue weighted by atomic mass is 16.2. The molecule has 118 valence electrons. The van der Waals surface area contributed by atoms with Crippen LogP contribution in [-0.2, 0) is 16.1 Å². The molecule has 7 heteroatoms. The number of rotatable bonds is 4. The third-order valence-corrected chi connectivity index (χ3v) is 3.72. The summed E-state index contributed by atoms with van der Waals surface area (Å²) in [4.78, 5) is 34.1. The van der Waals surface area contributed by atoms with Crippen molar-refractivity contribution in [3.8, 4) is 0 Å². The summed E-state index contributed by atoms with van der Waals surface area (Å²) in [5.74, 6) is -0.205. The fourth-order valence-corrected chi connectivity index (χ4v) is 2.51. The number of anilines is 2. The van der Waals surface area contributed by atoms with E-state index >= 15 is 0 Å². The van der Waals surface area contributed by atoms with E-state index in [0.717, 1.165) is 5.69 Å². The van der Waals surface area contributed by atoms with Gasteiger partial charge in [0.05, 0.1) is 30.0 Å². The normalized spacial score (nSPS) is 17.3. The van der Waals surface area contributed by atoms with Gasteiger partial charge in [-0.2, -0.15) is 0 Å². The summed E-state index contributed by atoms with van der Waals surface area (Å²) in [6.45, 7) is 0.816. The largest absolute Gasteiger partial charge is 0.384 e. The predicted octanol–water partition coefficient (Wildman–Crippen LogP) is 1.05. The van der Waals surface area contributed by atoms with Crippen LogP contribution < -0.4 is 11.1 Å². The Morgan fingerprint density at radius 1 is 1.30 bits per heavy atom. The number of hydrogen-bond donors (Lipinski definition) is 2. The monoisotopic (exact) mass is 311 g/mol. The van der Waals surface area contributed by atoms with Crippen LogP contribution >= 0.6 is 0 Å². The molecule has 1 saturated heterocycles. The highest BCUT2D eigenvalue weighted by Crippen LogP contribution is 2.21. The number of carbonyl (C=O) groups excluding carboxylic acids is 2. The summed E-state index contributed by atoms with van der Waals surface area (Å²) in [7, 11) is 0. The van der Waals surface area contributed by atoms with Gasteiger partial charge < -0.3 is 16.0 Å². The molecule has 23 heavy (non-hydrogen) atoms. The lowest BCUT2D eigenvalue weighted by atomic mass is 10.1. The third kappa shape index (κ3) is 3.63. The first kappa shape index (κ1) is 15.0. The van der Waals surface area contributed by atoms with E-state index in [-0.39, 0.29) is 24.2 Å². The minimum atomic E-state index is -0.372. The minimum Gasteiger partial charge on any atom is -0.384 e. The van der Waals surface area contributed by atoms with Gasteiger partial charge in [0.15, 0.2) is 0 Å². The number of nitrogens with zero attached hydrogens (tertiary/aromatic N) is 3. The maximum Gasteiger partial charge on any atom is 0.229 e. The zero-order valence-electron chi connectivity index (χ0n) is 12.5. The van der Waals surface area contributed by atoms with Crippen molar-refractivity contribution in [2.75, 3.05) is 17.6 Å². The van der Waals surface area contributed by atoms with Gasteiger partial charge in [-0.25, -0.2) is 4.98 Å². The summed E-state index contributed by atoms with van der Waals surface area (Å²) in [5, 5.41) is 2.76. The van der Waals surface area contributed by atoms with Crippen LogP contribution in [0.5, 0.6) is 0 Å². The Balaban J connectivity index is 1.60. The van der Waals surface area contributed by atoms with Crippen LogP contribution in [0, 0.1) is 5.92 Å². The van der Waals surface area contributed by atoms with Crippen molar-refractivity contribution in [1.82, 2.24) is 14.9 Å². The molecule has 7 nitrogen and oxygen atoms in total. The first-order chi connectivity index (χ1) is 11.1. The molecular formula is C16H17N5O2. The predicted molar refractivity (Wildman–Crippen MR) is 85.0 cm³/mol. The average Bonchev–Trinajstić information content (AvgIpc) is 2.92. The van der Waals surface area contributed by atoms with E-state index in [4.69, 9.17) is 5.73 Å². The first-order valence-corrected chi connectivity index (χ1v) is 7.32. The zero-order chi connectivity index (χ0) is 16.2. The van der Waals surface area contributed by atoms with Crippen LogP contribution in [0.2, 0.25) is 0 Å². The van der Waals surface area contributed by atoms with Crippen molar-refractivity contribution in [2.24, 2.45) is 5.92 Å². The lowest BCUT2D eigenvalue weighted by Gasteiger charge is -2.16. The highest BCUT2D eigenvalue weighted by molar-refractivity contribution is 5.97. The topological polar surface area (TPSA) is 101 Å². The summed E-state index contributed by atoms with van der Waals surface area (Å²) < 4.78 is 0. The molecule has 0 saturated carbocycles. The molecule has 0 aliphatic carbocycles. The van der Waals surface area contributed by atoms with Gasteiger partial charge in [0.2, 0.25) is 11.8 Å². The molecule has 0 unspecified atom stereocenters. The molecule has 0 aromatic carbocycles. The summed E-state index contributed by atoms with van der Waals surface area (Å²) in [5.41, 5.74) is 6.89. The van der Waals surface area contributed by atoms with Crippen molar-refractivity contribution in [3.63, 3.8) is 0 Å². The van der Waals surface area contributed by atoms with E-state index in [1.807, 2.05) is 18.2 Å². The summed E-state index contributed by atoms with van der Waals surface area (Å²) >= 11 is 0. The fourth-order valence-electron chi connectivity index (χ4n) is 2.51. The minimum absolute atomic E-state index is 0.0359. The van der Waals surface area contributed by atoms with Gasteiger partial charge in [-0.15, -0.1) is 0 Å². The van der Waals surface area contributed by atoms with E-state index < -0.39 is 0 Å². The van der Waals surface area contributed by atoms with Gasteiger partial charge >= 0.3 is 0 Å². The van der Waals surface area contributed by atoms with Crippen LogP contribution in [0.25, 0.3) is 0 Å². The van der Waals surface area contributed by atoms with Crippen molar-refractivity contribution in [1.29, 1.82) is 0 Å². The number of carbonyl (C=O) groups is 2. The van der Waals surface area contributed by atoms with Crippen LogP contribution in [0.4, 0.5) is 11.5 Å². The Hall–Kier alpha value is -2.96. The quantitative estimate of drug-likeness (QED) is 0.878. The molecule has 0 radical (unpaired) electrons. The fraction of sp³-hybridized carbons (Fsp3) is 0.250. The summed E-state index contributed by atoms with van der Waals surface area (Å²) in [6.07, 6.45) is 3.39. The number of nitrogens with two attached hydrogens (primary N) is 1. The lowest BCUT2D eigenvalue weighted by molar-refractivity contribution is -0.128. The van der Waals surface area contributed by atoms with Gasteiger partial charge in [0.1, 0.15) is 5.82 Å². The van der Waals surface area contributed by atoms with Crippen LogP contribution in [-0.4, -0.2) is 33.2 Å². The number of hydrogen-bond acceptors (Lipinski definition) is 5. The Bertz CT molecular complexity index is 702. The SMILES string of the molecule is Nc1ccc(NC(=O)[C@@H]2CC(=O)N(Cc3ccccn3)C2)cn1. The zero-order valence-corrected chi connectivity index (χ0v) is 12.5. The van der Waals surface area contributed by atoms with Crippen molar-refractivity contribution >= 4 is 23.3 Å². The van der Waals surface area contributed by atoms with Crippen LogP contribution in [0.3, 0.4) is 0 Å². The van der Waals surface area contributed by atoms with E-state index in [2.05, 4.69) is 15.3 Å². The van der Waals surface area contributed by atoms with E-state index in [1.54, 1.807) is 23.2 Å². The lowest BCUT2D eigenvalue weighted by Crippen LogP contribution is -2.28. The number of pyridine rings is 2. The Labute approximate surface area is 133 Å². The van der Waals surface area contributed by atoms with Crippen LogP contribution in [0.1, 0.15) is 12.1 Å². The van der Waals surface area contributed by atoms with Crippen molar-refractivity contribution in [2.45, 2.75) is 13.0 Å². The molecule has 3 rings (SSSR count). The second kappa shape index (κ2) is 6.43. The van der Waals surface area contributed by atoms with Crippen molar-refractivity contribution in [3.05, 3.63) is 48.4 Å². The average molecular weight is 311 g/mol. The number of likely N-dealkylation sites (tertiary alicyclic amines) is 1. The Morgan fingerprint density at radius 2 is 2.17 bits per heavy atom. The van der Waals surface area contributed by atoms with Gasteiger partial charge in [0, 0.05) is 19.2 Å².